The lowest BCUT2D eigenvalue weighted by Crippen LogP contribution is -2.19. The zero-order chi connectivity index (χ0) is 11.4. The molecule has 0 amide bonds. The molecule has 1 aromatic rings. The van der Waals surface area contributed by atoms with Gasteiger partial charge in [-0.3, -0.25) is 0 Å². The van der Waals surface area contributed by atoms with Crippen LogP contribution in [0.5, 0.6) is 5.88 Å². The topological polar surface area (TPSA) is 45.9 Å². The van der Waals surface area contributed by atoms with E-state index in [0.717, 1.165) is 0 Å². The first-order chi connectivity index (χ1) is 7.06. The van der Waals surface area contributed by atoms with Gasteiger partial charge in [0.05, 0.1) is 11.7 Å². The summed E-state index contributed by atoms with van der Waals surface area (Å²) in [6.07, 6.45) is 1.54. The van der Waals surface area contributed by atoms with Gasteiger partial charge < -0.3 is 4.74 Å². The second-order valence-corrected chi connectivity index (χ2v) is 4.03. The van der Waals surface area contributed by atoms with Gasteiger partial charge in [-0.2, -0.15) is 5.26 Å². The number of hydrogen-bond acceptors (Lipinski definition) is 3. The number of pyridine rings is 1. The Bertz CT molecular complexity index is 385. The molecule has 0 saturated heterocycles. The first-order valence-corrected chi connectivity index (χ1v) is 5.15. The van der Waals surface area contributed by atoms with Gasteiger partial charge in [-0.05, 0) is 18.9 Å². The van der Waals surface area contributed by atoms with Crippen LogP contribution in [0.4, 0.5) is 0 Å². The average Bonchev–Trinajstić information content (AvgIpc) is 2.21. The summed E-state index contributed by atoms with van der Waals surface area (Å²) in [6.45, 7) is 6.04. The Balaban J connectivity index is 2.92. The van der Waals surface area contributed by atoms with Crippen LogP contribution in [0.15, 0.2) is 12.3 Å². The number of aromatic nitrogens is 1. The molecule has 0 N–H and O–H groups in total. The van der Waals surface area contributed by atoms with E-state index in [0.29, 0.717) is 17.4 Å². The Hall–Kier alpha value is -1.27. The molecule has 1 aromatic heterocycles. The normalized spacial score (nSPS) is 12.3. The lowest BCUT2D eigenvalue weighted by molar-refractivity contribution is 0.163. The average molecular weight is 225 g/mol. The van der Waals surface area contributed by atoms with Crippen molar-refractivity contribution < 1.29 is 4.74 Å². The smallest absolute Gasteiger partial charge is 0.234 e. The molecule has 0 aliphatic carbocycles. The van der Waals surface area contributed by atoms with Gasteiger partial charge in [0.15, 0.2) is 0 Å². The highest BCUT2D eigenvalue weighted by Crippen LogP contribution is 2.26. The second kappa shape index (κ2) is 4.99. The van der Waals surface area contributed by atoms with Crippen molar-refractivity contribution in [2.75, 3.05) is 0 Å². The Labute approximate surface area is 94.7 Å². The first-order valence-electron chi connectivity index (χ1n) is 4.77. The number of ether oxygens (including phenoxy) is 1. The molecule has 0 aliphatic heterocycles. The monoisotopic (exact) mass is 224 g/mol. The maximum absolute atomic E-state index is 8.77. The number of hydrogen-bond donors (Lipinski definition) is 0. The molecule has 80 valence electrons. The van der Waals surface area contributed by atoms with Crippen LogP contribution in [-0.4, -0.2) is 11.1 Å². The molecule has 0 aliphatic rings. The van der Waals surface area contributed by atoms with Crippen molar-refractivity contribution in [2.24, 2.45) is 5.92 Å². The Morgan fingerprint density at radius 2 is 2.13 bits per heavy atom. The van der Waals surface area contributed by atoms with E-state index in [2.05, 4.69) is 4.98 Å². The summed E-state index contributed by atoms with van der Waals surface area (Å²) in [7, 11) is 0. The molecule has 1 heterocycles. The zero-order valence-electron chi connectivity index (χ0n) is 8.99. The summed E-state index contributed by atoms with van der Waals surface area (Å²) in [6, 6.07) is 3.55. The van der Waals surface area contributed by atoms with E-state index in [1.165, 1.54) is 6.20 Å². The highest BCUT2D eigenvalue weighted by molar-refractivity contribution is 6.32. The van der Waals surface area contributed by atoms with Crippen molar-refractivity contribution in [3.05, 3.63) is 22.8 Å². The fraction of sp³-hybridized carbons (Fsp3) is 0.455. The standard InChI is InChI=1S/C11H13ClN2O/c1-7(2)8(3)15-11-10(12)9(6-13)4-5-14-11/h4-5,7-8H,1-3H3. The van der Waals surface area contributed by atoms with Crippen molar-refractivity contribution >= 4 is 11.6 Å². The maximum atomic E-state index is 8.77. The molecule has 1 rings (SSSR count). The van der Waals surface area contributed by atoms with Crippen LogP contribution in [0.25, 0.3) is 0 Å². The second-order valence-electron chi connectivity index (χ2n) is 3.66. The van der Waals surface area contributed by atoms with Crippen LogP contribution >= 0.6 is 11.6 Å². The maximum Gasteiger partial charge on any atom is 0.234 e. The van der Waals surface area contributed by atoms with Crippen molar-refractivity contribution in [1.29, 1.82) is 5.26 Å². The van der Waals surface area contributed by atoms with Crippen LogP contribution in [0.3, 0.4) is 0 Å². The molecule has 15 heavy (non-hydrogen) atoms. The number of rotatable bonds is 3. The van der Waals surface area contributed by atoms with E-state index >= 15 is 0 Å². The van der Waals surface area contributed by atoms with Gasteiger partial charge in [0.1, 0.15) is 11.1 Å². The predicted molar refractivity (Wildman–Crippen MR) is 58.9 cm³/mol. The fourth-order valence-corrected chi connectivity index (χ4v) is 1.10. The van der Waals surface area contributed by atoms with Gasteiger partial charge in [-0.25, -0.2) is 4.98 Å². The summed E-state index contributed by atoms with van der Waals surface area (Å²) in [5.41, 5.74) is 0.387. The molecule has 1 unspecified atom stereocenters. The minimum atomic E-state index is 0.0175. The van der Waals surface area contributed by atoms with Crippen LogP contribution in [0.1, 0.15) is 26.3 Å². The van der Waals surface area contributed by atoms with Gasteiger partial charge in [-0.15, -0.1) is 0 Å². The van der Waals surface area contributed by atoms with E-state index < -0.39 is 0 Å². The SMILES string of the molecule is CC(C)C(C)Oc1nccc(C#N)c1Cl. The molecular formula is C11H13ClN2O. The largest absolute Gasteiger partial charge is 0.473 e. The van der Waals surface area contributed by atoms with E-state index in [4.69, 9.17) is 21.6 Å². The highest BCUT2D eigenvalue weighted by atomic mass is 35.5. The van der Waals surface area contributed by atoms with Crippen molar-refractivity contribution in [2.45, 2.75) is 26.9 Å². The Kier molecular flexibility index (Phi) is 3.93. The molecule has 0 aromatic carbocycles. The fourth-order valence-electron chi connectivity index (χ4n) is 0.905. The van der Waals surface area contributed by atoms with Crippen molar-refractivity contribution in [3.63, 3.8) is 0 Å². The van der Waals surface area contributed by atoms with Gasteiger partial charge >= 0.3 is 0 Å². The summed E-state index contributed by atoms with van der Waals surface area (Å²) in [4.78, 5) is 4.00. The minimum absolute atomic E-state index is 0.0175. The zero-order valence-corrected chi connectivity index (χ0v) is 9.75. The molecular weight excluding hydrogens is 212 g/mol. The molecule has 0 radical (unpaired) electrons. The molecule has 0 fully saturated rings. The number of halogens is 1. The Morgan fingerprint density at radius 3 is 2.67 bits per heavy atom. The summed E-state index contributed by atoms with van der Waals surface area (Å²) >= 11 is 5.95. The van der Waals surface area contributed by atoms with Crippen LogP contribution < -0.4 is 4.74 Å². The van der Waals surface area contributed by atoms with Gasteiger partial charge in [0.2, 0.25) is 5.88 Å². The Morgan fingerprint density at radius 1 is 1.47 bits per heavy atom. The van der Waals surface area contributed by atoms with E-state index in [9.17, 15) is 0 Å². The third kappa shape index (κ3) is 2.84. The van der Waals surface area contributed by atoms with Gasteiger partial charge in [0.25, 0.3) is 0 Å². The highest BCUT2D eigenvalue weighted by Gasteiger charge is 2.14. The van der Waals surface area contributed by atoms with Crippen LogP contribution in [-0.2, 0) is 0 Å². The number of nitrogens with zero attached hydrogens (tertiary/aromatic N) is 2. The third-order valence-corrected chi connectivity index (χ3v) is 2.58. The van der Waals surface area contributed by atoms with E-state index in [-0.39, 0.29) is 11.1 Å². The molecule has 1 atom stereocenters. The third-order valence-electron chi connectivity index (χ3n) is 2.21. The molecule has 0 saturated carbocycles. The van der Waals surface area contributed by atoms with Crippen LogP contribution in [0.2, 0.25) is 5.02 Å². The molecule has 0 bridgehead atoms. The van der Waals surface area contributed by atoms with Crippen LogP contribution in [0, 0.1) is 17.2 Å². The lowest BCUT2D eigenvalue weighted by atomic mass is 10.1. The lowest BCUT2D eigenvalue weighted by Gasteiger charge is -2.17. The summed E-state index contributed by atoms with van der Waals surface area (Å²) < 4.78 is 5.55. The van der Waals surface area contributed by atoms with Gasteiger partial charge in [-0.1, -0.05) is 25.4 Å². The summed E-state index contributed by atoms with van der Waals surface area (Å²) in [5, 5.41) is 9.05. The van der Waals surface area contributed by atoms with E-state index in [1.807, 2.05) is 26.8 Å². The van der Waals surface area contributed by atoms with E-state index in [1.54, 1.807) is 6.07 Å². The molecule has 0 spiro atoms. The number of nitriles is 1. The summed E-state index contributed by atoms with van der Waals surface area (Å²) in [5.74, 6) is 0.700. The molecule has 4 heteroatoms. The molecule has 3 nitrogen and oxygen atoms in total. The van der Waals surface area contributed by atoms with Crippen molar-refractivity contribution in [3.8, 4) is 11.9 Å². The van der Waals surface area contributed by atoms with Gasteiger partial charge in [0, 0.05) is 6.20 Å². The quantitative estimate of drug-likeness (QED) is 0.793. The minimum Gasteiger partial charge on any atom is -0.473 e. The first kappa shape index (κ1) is 11.8. The van der Waals surface area contributed by atoms with Crippen molar-refractivity contribution in [1.82, 2.24) is 4.98 Å². The predicted octanol–water partition coefficient (Wildman–Crippen LogP) is 3.03.